The molecule has 2 aromatic carbocycles. The van der Waals surface area contributed by atoms with Crippen LogP contribution in [0.5, 0.6) is 5.75 Å². The topological polar surface area (TPSA) is 61.6 Å². The number of hydrogen-bond donors (Lipinski definition) is 0. The van der Waals surface area contributed by atoms with Gasteiger partial charge in [-0.15, -0.1) is 0 Å². The third kappa shape index (κ3) is 2.54. The Labute approximate surface area is 133 Å². The Bertz CT molecular complexity index is 867. The van der Waals surface area contributed by atoms with Gasteiger partial charge >= 0.3 is 5.97 Å². The van der Waals surface area contributed by atoms with Crippen LogP contribution in [0.3, 0.4) is 0 Å². The summed E-state index contributed by atoms with van der Waals surface area (Å²) < 4.78 is 15.9. The fourth-order valence-electron chi connectivity index (χ4n) is 2.65. The van der Waals surface area contributed by atoms with Gasteiger partial charge in [0, 0.05) is 0 Å². The Morgan fingerprint density at radius 2 is 2.00 bits per heavy atom. The molecule has 0 amide bonds. The summed E-state index contributed by atoms with van der Waals surface area (Å²) in [6.45, 7) is 3.74. The van der Waals surface area contributed by atoms with Crippen LogP contribution in [0.4, 0.5) is 0 Å². The van der Waals surface area contributed by atoms with Crippen LogP contribution in [0.1, 0.15) is 23.0 Å². The molecule has 0 bridgehead atoms. The second kappa shape index (κ2) is 6.12. The van der Waals surface area contributed by atoms with Crippen LogP contribution in [-0.4, -0.2) is 24.8 Å². The molecule has 0 fully saturated rings. The molecule has 0 saturated heterocycles. The zero-order valence-electron chi connectivity index (χ0n) is 13.3. The van der Waals surface area contributed by atoms with Crippen molar-refractivity contribution in [1.29, 1.82) is 0 Å². The number of carbonyl (C=O) groups excluding carboxylic acids is 1. The molecule has 1 heterocycles. The first-order valence-corrected chi connectivity index (χ1v) is 7.36. The maximum Gasteiger partial charge on any atom is 0.344 e. The van der Waals surface area contributed by atoms with E-state index < -0.39 is 5.97 Å². The zero-order chi connectivity index (χ0) is 16.4. The van der Waals surface area contributed by atoms with Gasteiger partial charge in [0.25, 0.3) is 0 Å². The van der Waals surface area contributed by atoms with Gasteiger partial charge in [0.1, 0.15) is 22.8 Å². The lowest BCUT2D eigenvalue weighted by Crippen LogP contribution is -2.07. The smallest absolute Gasteiger partial charge is 0.344 e. The first-order chi connectivity index (χ1) is 11.2. The lowest BCUT2D eigenvalue weighted by molar-refractivity contribution is 0.0525. The highest BCUT2D eigenvalue weighted by molar-refractivity contribution is 6.05. The average Bonchev–Trinajstić information content (AvgIpc) is 2.95. The van der Waals surface area contributed by atoms with Crippen LogP contribution in [0.15, 0.2) is 40.9 Å². The number of ether oxygens (including phenoxy) is 2. The highest BCUT2D eigenvalue weighted by Gasteiger charge is 2.26. The number of nitrogens with zero attached hydrogens (tertiary/aromatic N) is 1. The highest BCUT2D eigenvalue weighted by Crippen LogP contribution is 2.39. The van der Waals surface area contributed by atoms with Gasteiger partial charge in [-0.05, 0) is 30.7 Å². The Morgan fingerprint density at radius 1 is 1.22 bits per heavy atom. The van der Waals surface area contributed by atoms with Crippen molar-refractivity contribution >= 4 is 16.7 Å². The van der Waals surface area contributed by atoms with Crippen molar-refractivity contribution in [2.45, 2.75) is 13.8 Å². The molecule has 0 spiro atoms. The quantitative estimate of drug-likeness (QED) is 0.682. The first-order valence-electron chi connectivity index (χ1n) is 7.36. The minimum absolute atomic E-state index is 0.287. The van der Waals surface area contributed by atoms with E-state index in [1.54, 1.807) is 21.0 Å². The van der Waals surface area contributed by atoms with Crippen molar-refractivity contribution in [3.63, 3.8) is 0 Å². The van der Waals surface area contributed by atoms with E-state index in [4.69, 9.17) is 14.0 Å². The van der Waals surface area contributed by atoms with Gasteiger partial charge < -0.3 is 14.0 Å². The highest BCUT2D eigenvalue weighted by atomic mass is 16.5. The van der Waals surface area contributed by atoms with Crippen molar-refractivity contribution < 1.29 is 18.8 Å². The van der Waals surface area contributed by atoms with Gasteiger partial charge in [0.15, 0.2) is 0 Å². The summed E-state index contributed by atoms with van der Waals surface area (Å²) in [5.74, 6) is 0.604. The Morgan fingerprint density at radius 3 is 2.74 bits per heavy atom. The third-order valence-electron chi connectivity index (χ3n) is 3.69. The molecule has 0 aliphatic rings. The van der Waals surface area contributed by atoms with E-state index in [9.17, 15) is 4.79 Å². The summed E-state index contributed by atoms with van der Waals surface area (Å²) in [7, 11) is 1.59. The summed E-state index contributed by atoms with van der Waals surface area (Å²) in [6, 6.07) is 11.7. The maximum absolute atomic E-state index is 12.3. The number of carbonyl (C=O) groups is 1. The summed E-state index contributed by atoms with van der Waals surface area (Å²) in [6.07, 6.45) is 0. The Kier molecular flexibility index (Phi) is 4.02. The van der Waals surface area contributed by atoms with Gasteiger partial charge in [-0.1, -0.05) is 35.5 Å². The molecule has 0 N–H and O–H groups in total. The summed E-state index contributed by atoms with van der Waals surface area (Å²) in [5.41, 5.74) is 1.50. The molecule has 0 aliphatic heterocycles. The van der Waals surface area contributed by atoms with E-state index in [1.165, 1.54) is 0 Å². The van der Waals surface area contributed by atoms with E-state index >= 15 is 0 Å². The minimum Gasteiger partial charge on any atom is -0.496 e. The normalized spacial score (nSPS) is 10.7. The molecule has 5 heteroatoms. The number of hydrogen-bond acceptors (Lipinski definition) is 5. The van der Waals surface area contributed by atoms with Crippen molar-refractivity contribution in [2.24, 2.45) is 0 Å². The van der Waals surface area contributed by atoms with Crippen molar-refractivity contribution in [3.8, 4) is 17.0 Å². The predicted octanol–water partition coefficient (Wildman–Crippen LogP) is 3.99. The summed E-state index contributed by atoms with van der Waals surface area (Å²) >= 11 is 0. The number of fused-ring (bicyclic) bond motifs is 1. The van der Waals surface area contributed by atoms with Crippen molar-refractivity contribution in [1.82, 2.24) is 5.16 Å². The van der Waals surface area contributed by atoms with Crippen molar-refractivity contribution in [3.05, 3.63) is 47.7 Å². The van der Waals surface area contributed by atoms with Gasteiger partial charge in [0.2, 0.25) is 0 Å². The standard InChI is InChI=1S/C18H17NO4/c1-4-22-18(20)15-11(2)23-19-17(15)16-13-8-6-5-7-12(13)9-10-14(16)21-3/h5-10H,4H2,1-3H3. The van der Waals surface area contributed by atoms with Crippen LogP contribution >= 0.6 is 0 Å². The summed E-state index contributed by atoms with van der Waals surface area (Å²) in [4.78, 5) is 12.3. The monoisotopic (exact) mass is 311 g/mol. The fraction of sp³-hybridized carbons (Fsp3) is 0.222. The van der Waals surface area contributed by atoms with Gasteiger partial charge in [-0.25, -0.2) is 4.79 Å². The number of aryl methyl sites for hydroxylation is 1. The second-order valence-electron chi connectivity index (χ2n) is 5.05. The molecule has 0 atom stereocenters. The lowest BCUT2D eigenvalue weighted by Gasteiger charge is -2.11. The molecule has 0 radical (unpaired) electrons. The number of aromatic nitrogens is 1. The molecule has 0 unspecified atom stereocenters. The maximum atomic E-state index is 12.3. The zero-order valence-corrected chi connectivity index (χ0v) is 13.3. The van der Waals surface area contributed by atoms with E-state index in [0.29, 0.717) is 22.8 Å². The van der Waals surface area contributed by atoms with E-state index in [0.717, 1.165) is 16.3 Å². The Balaban J connectivity index is 2.31. The molecule has 3 rings (SSSR count). The molecular weight excluding hydrogens is 294 g/mol. The van der Waals surface area contributed by atoms with E-state index in [-0.39, 0.29) is 6.61 Å². The van der Waals surface area contributed by atoms with Crippen LogP contribution in [-0.2, 0) is 4.74 Å². The fourth-order valence-corrected chi connectivity index (χ4v) is 2.65. The molecule has 5 nitrogen and oxygen atoms in total. The lowest BCUT2D eigenvalue weighted by atomic mass is 9.98. The SMILES string of the molecule is CCOC(=O)c1c(-c2c(OC)ccc3ccccc23)noc1C. The second-order valence-corrected chi connectivity index (χ2v) is 5.05. The number of methoxy groups -OCH3 is 1. The molecule has 3 aromatic rings. The average molecular weight is 311 g/mol. The Hall–Kier alpha value is -2.82. The van der Waals surface area contributed by atoms with E-state index in [2.05, 4.69) is 5.16 Å². The molecule has 0 saturated carbocycles. The molecular formula is C18H17NO4. The number of benzene rings is 2. The number of rotatable bonds is 4. The van der Waals surface area contributed by atoms with Crippen molar-refractivity contribution in [2.75, 3.05) is 13.7 Å². The van der Waals surface area contributed by atoms with Gasteiger partial charge in [-0.3, -0.25) is 0 Å². The predicted molar refractivity (Wildman–Crippen MR) is 86.7 cm³/mol. The minimum atomic E-state index is -0.448. The molecule has 118 valence electrons. The third-order valence-corrected chi connectivity index (χ3v) is 3.69. The van der Waals surface area contributed by atoms with Crippen LogP contribution in [0, 0.1) is 6.92 Å². The van der Waals surface area contributed by atoms with Gasteiger partial charge in [-0.2, -0.15) is 0 Å². The first kappa shape index (κ1) is 15.1. The molecule has 0 aliphatic carbocycles. The summed E-state index contributed by atoms with van der Waals surface area (Å²) in [5, 5.41) is 6.05. The van der Waals surface area contributed by atoms with Crippen LogP contribution < -0.4 is 4.74 Å². The number of esters is 1. The van der Waals surface area contributed by atoms with E-state index in [1.807, 2.05) is 36.4 Å². The molecule has 23 heavy (non-hydrogen) atoms. The largest absolute Gasteiger partial charge is 0.496 e. The van der Waals surface area contributed by atoms with Gasteiger partial charge in [0.05, 0.1) is 19.3 Å². The molecule has 1 aromatic heterocycles. The van der Waals surface area contributed by atoms with Crippen LogP contribution in [0.25, 0.3) is 22.0 Å². The van der Waals surface area contributed by atoms with Crippen LogP contribution in [0.2, 0.25) is 0 Å².